The Bertz CT molecular complexity index is 841. The van der Waals surface area contributed by atoms with Gasteiger partial charge < -0.3 is 14.9 Å². The Kier molecular flexibility index (Phi) is 9.80. The zero-order valence-electron chi connectivity index (χ0n) is 19.8. The molecule has 1 aromatic heterocycles. The van der Waals surface area contributed by atoms with Gasteiger partial charge in [0.25, 0.3) is 0 Å². The van der Waals surface area contributed by atoms with E-state index in [1.807, 2.05) is 31.4 Å². The number of Topliss-reactive ketones (excluding diaryl/α,β-unsaturated/α-hetero) is 1. The molecule has 0 unspecified atom stereocenters. The van der Waals surface area contributed by atoms with Gasteiger partial charge in [-0.2, -0.15) is 0 Å². The van der Waals surface area contributed by atoms with Crippen LogP contribution in [0.3, 0.4) is 0 Å². The molecule has 178 valence electrons. The topological polar surface area (TPSA) is 96.7 Å². The van der Waals surface area contributed by atoms with Gasteiger partial charge in [0.2, 0.25) is 0 Å². The van der Waals surface area contributed by atoms with E-state index in [0.717, 1.165) is 35.5 Å². The van der Waals surface area contributed by atoms with Gasteiger partial charge in [-0.25, -0.2) is 4.98 Å². The van der Waals surface area contributed by atoms with Gasteiger partial charge in [0.15, 0.2) is 0 Å². The molecule has 0 saturated carbocycles. The molecular weight excluding hydrogens is 426 g/mol. The Morgan fingerprint density at radius 1 is 1.25 bits per heavy atom. The molecule has 2 rings (SSSR count). The number of hydrogen-bond acceptors (Lipinski definition) is 7. The number of carbonyl (C=O) groups is 2. The summed E-state index contributed by atoms with van der Waals surface area (Å²) in [5.74, 6) is -1.42. The van der Waals surface area contributed by atoms with E-state index in [4.69, 9.17) is 4.74 Å². The van der Waals surface area contributed by atoms with Gasteiger partial charge >= 0.3 is 5.97 Å². The van der Waals surface area contributed by atoms with Crippen molar-refractivity contribution in [3.8, 4) is 0 Å². The van der Waals surface area contributed by atoms with E-state index in [1.165, 1.54) is 0 Å². The van der Waals surface area contributed by atoms with Gasteiger partial charge in [0.1, 0.15) is 11.9 Å². The van der Waals surface area contributed by atoms with Crippen molar-refractivity contribution in [3.63, 3.8) is 0 Å². The molecule has 7 heteroatoms. The summed E-state index contributed by atoms with van der Waals surface area (Å²) in [5.41, 5.74) is 0.530. The number of allylic oxidation sites excluding steroid dienone is 1. The minimum Gasteiger partial charge on any atom is -0.457 e. The van der Waals surface area contributed by atoms with E-state index in [9.17, 15) is 19.8 Å². The lowest BCUT2D eigenvalue weighted by Gasteiger charge is -2.33. The molecule has 2 N–H and O–H groups in total. The molecule has 1 aromatic rings. The standard InChI is InChI=1S/C25H37NO5S/c1-16(13-19-15-32-18(3)26-19)21-12-10-8-6-7-9-11-20(27)17(2)24(30)25(4,5)22(28)14-23(29)31-21/h8,10,13,15,17,20-22,27-28H,6-7,9,11-12,14H2,1-5H3/b10-8-,16-13+/t17-,20+,21+,22+/m1/s1. The third-order valence-corrected chi connectivity index (χ3v) is 7.04. The Labute approximate surface area is 195 Å². The second-order valence-corrected chi connectivity index (χ2v) is 10.4. The van der Waals surface area contributed by atoms with Crippen molar-refractivity contribution < 1.29 is 24.5 Å². The molecule has 0 bridgehead atoms. The normalized spacial score (nSPS) is 30.0. The first kappa shape index (κ1) is 26.4. The van der Waals surface area contributed by atoms with E-state index in [0.29, 0.717) is 12.8 Å². The van der Waals surface area contributed by atoms with Crippen molar-refractivity contribution in [1.82, 2.24) is 4.98 Å². The number of carbonyl (C=O) groups excluding carboxylic acids is 2. The number of aliphatic hydroxyl groups is 2. The summed E-state index contributed by atoms with van der Waals surface area (Å²) in [6.45, 7) is 8.78. The van der Waals surface area contributed by atoms with E-state index < -0.39 is 35.6 Å². The lowest BCUT2D eigenvalue weighted by atomic mass is 9.74. The van der Waals surface area contributed by atoms with E-state index in [1.54, 1.807) is 32.1 Å². The van der Waals surface area contributed by atoms with Gasteiger partial charge in [-0.3, -0.25) is 9.59 Å². The van der Waals surface area contributed by atoms with E-state index in [-0.39, 0.29) is 12.2 Å². The van der Waals surface area contributed by atoms with E-state index >= 15 is 0 Å². The molecule has 6 nitrogen and oxygen atoms in total. The van der Waals surface area contributed by atoms with Crippen LogP contribution in [0, 0.1) is 18.3 Å². The van der Waals surface area contributed by atoms with Gasteiger partial charge in [-0.05, 0) is 44.8 Å². The molecule has 0 spiro atoms. The smallest absolute Gasteiger partial charge is 0.309 e. The lowest BCUT2D eigenvalue weighted by Crippen LogP contribution is -2.44. The number of cyclic esters (lactones) is 1. The maximum absolute atomic E-state index is 13.0. The number of thiazole rings is 1. The molecule has 0 aliphatic carbocycles. The van der Waals surface area contributed by atoms with Crippen LogP contribution in [0.5, 0.6) is 0 Å². The molecule has 1 aliphatic rings. The van der Waals surface area contributed by atoms with Crippen LogP contribution in [-0.4, -0.2) is 45.3 Å². The zero-order valence-corrected chi connectivity index (χ0v) is 20.7. The first-order valence-electron chi connectivity index (χ1n) is 11.4. The summed E-state index contributed by atoms with van der Waals surface area (Å²) in [7, 11) is 0. The molecule has 2 heterocycles. The second-order valence-electron chi connectivity index (χ2n) is 9.31. The quantitative estimate of drug-likeness (QED) is 0.490. The minimum atomic E-state index is -1.20. The fraction of sp³-hybridized carbons (Fsp3) is 0.640. The zero-order chi connectivity index (χ0) is 23.9. The van der Waals surface area contributed by atoms with Crippen molar-refractivity contribution in [3.05, 3.63) is 33.8 Å². The van der Waals surface area contributed by atoms with Crippen LogP contribution in [0.25, 0.3) is 6.08 Å². The number of aliphatic hydroxyl groups excluding tert-OH is 2. The van der Waals surface area contributed by atoms with Crippen LogP contribution >= 0.6 is 11.3 Å². The summed E-state index contributed by atoms with van der Waals surface area (Å²) in [5, 5.41) is 24.1. The summed E-state index contributed by atoms with van der Waals surface area (Å²) in [4.78, 5) is 30.1. The van der Waals surface area contributed by atoms with Crippen molar-refractivity contribution in [1.29, 1.82) is 0 Å². The number of ether oxygens (including phenoxy) is 1. The summed E-state index contributed by atoms with van der Waals surface area (Å²) < 4.78 is 5.74. The second kappa shape index (κ2) is 11.9. The molecule has 1 aliphatic heterocycles. The van der Waals surface area contributed by atoms with Crippen molar-refractivity contribution in [2.45, 2.75) is 91.5 Å². The van der Waals surface area contributed by atoms with Gasteiger partial charge in [-0.1, -0.05) is 39.3 Å². The lowest BCUT2D eigenvalue weighted by molar-refractivity contribution is -0.153. The molecule has 0 radical (unpaired) electrons. The molecule has 4 atom stereocenters. The summed E-state index contributed by atoms with van der Waals surface area (Å²) >= 11 is 1.56. The number of nitrogens with zero attached hydrogens (tertiary/aromatic N) is 1. The predicted octanol–water partition coefficient (Wildman–Crippen LogP) is 4.63. The third kappa shape index (κ3) is 7.36. The molecule has 0 aromatic carbocycles. The predicted molar refractivity (Wildman–Crippen MR) is 127 cm³/mol. The van der Waals surface area contributed by atoms with Crippen LogP contribution in [0.1, 0.15) is 76.9 Å². The Hall–Kier alpha value is -1.83. The summed E-state index contributed by atoms with van der Waals surface area (Å²) in [6, 6.07) is 0. The van der Waals surface area contributed by atoms with Crippen LogP contribution in [0.2, 0.25) is 0 Å². The fourth-order valence-corrected chi connectivity index (χ4v) is 4.42. The highest BCUT2D eigenvalue weighted by atomic mass is 32.1. The number of ketones is 1. The van der Waals surface area contributed by atoms with Crippen molar-refractivity contribution >= 4 is 29.2 Å². The Morgan fingerprint density at radius 2 is 1.97 bits per heavy atom. The van der Waals surface area contributed by atoms with Gasteiger partial charge in [0.05, 0.1) is 34.7 Å². The van der Waals surface area contributed by atoms with Crippen LogP contribution < -0.4 is 0 Å². The number of rotatable bonds is 2. The Morgan fingerprint density at radius 3 is 2.62 bits per heavy atom. The number of esters is 1. The summed E-state index contributed by atoms with van der Waals surface area (Å²) in [6.07, 6.45) is 6.89. The first-order valence-corrected chi connectivity index (χ1v) is 12.3. The molecule has 32 heavy (non-hydrogen) atoms. The average molecular weight is 464 g/mol. The van der Waals surface area contributed by atoms with Crippen LogP contribution in [0.4, 0.5) is 0 Å². The first-order chi connectivity index (χ1) is 15.0. The molecule has 0 saturated heterocycles. The number of hydrogen-bond donors (Lipinski definition) is 2. The highest BCUT2D eigenvalue weighted by molar-refractivity contribution is 7.09. The van der Waals surface area contributed by atoms with Gasteiger partial charge in [0, 0.05) is 17.7 Å². The molecule has 0 fully saturated rings. The average Bonchev–Trinajstić information content (AvgIpc) is 3.14. The van der Waals surface area contributed by atoms with Crippen LogP contribution in [0.15, 0.2) is 23.1 Å². The van der Waals surface area contributed by atoms with E-state index in [2.05, 4.69) is 11.1 Å². The SMILES string of the molecule is C/C(=C\c1csc(C)n1)[C@@H]1C/C=C\CCCC[C@H](O)[C@@H](C)C(=O)C(C)(C)[C@@H](O)CC(=O)O1. The number of aryl methyl sites for hydroxylation is 1. The highest BCUT2D eigenvalue weighted by Gasteiger charge is 2.41. The largest absolute Gasteiger partial charge is 0.457 e. The maximum Gasteiger partial charge on any atom is 0.309 e. The number of aromatic nitrogens is 1. The minimum absolute atomic E-state index is 0.246. The van der Waals surface area contributed by atoms with Crippen molar-refractivity contribution in [2.75, 3.05) is 0 Å². The Balaban J connectivity index is 2.24. The third-order valence-electron chi connectivity index (χ3n) is 6.25. The van der Waals surface area contributed by atoms with Crippen molar-refractivity contribution in [2.24, 2.45) is 11.3 Å². The maximum atomic E-state index is 13.0. The monoisotopic (exact) mass is 463 g/mol. The van der Waals surface area contributed by atoms with Crippen LogP contribution in [-0.2, 0) is 14.3 Å². The van der Waals surface area contributed by atoms with Gasteiger partial charge in [-0.15, -0.1) is 11.3 Å². The molecular formula is C25H37NO5S. The highest BCUT2D eigenvalue weighted by Crippen LogP contribution is 2.31. The fourth-order valence-electron chi connectivity index (χ4n) is 3.85. The molecule has 0 amide bonds.